The Morgan fingerprint density at radius 3 is 2.71 bits per heavy atom. The van der Waals surface area contributed by atoms with Gasteiger partial charge < -0.3 is 10.1 Å². The fourth-order valence-electron chi connectivity index (χ4n) is 2.50. The quantitative estimate of drug-likeness (QED) is 0.808. The number of rotatable bonds is 5. The Kier molecular flexibility index (Phi) is 5.68. The highest BCUT2D eigenvalue weighted by atomic mass is 79.9. The Balaban J connectivity index is 2.35. The van der Waals surface area contributed by atoms with Crippen LogP contribution in [-0.2, 0) is 6.42 Å². The number of hydrogen-bond donors (Lipinski definition) is 1. The number of likely N-dealkylation sites (N-methyl/N-ethyl adjacent to an activating group) is 1. The van der Waals surface area contributed by atoms with E-state index in [2.05, 4.69) is 46.4 Å². The molecule has 0 bridgehead atoms. The number of nitrogens with one attached hydrogen (secondary N) is 1. The van der Waals surface area contributed by atoms with Crippen LogP contribution < -0.4 is 10.1 Å². The zero-order valence-corrected chi connectivity index (χ0v) is 14.8. The molecule has 0 aliphatic heterocycles. The van der Waals surface area contributed by atoms with Gasteiger partial charge in [0.05, 0.1) is 7.11 Å². The zero-order valence-electron chi connectivity index (χ0n) is 12.4. The lowest BCUT2D eigenvalue weighted by Crippen LogP contribution is -2.20. The summed E-state index contributed by atoms with van der Waals surface area (Å²) in [5.41, 5.74) is 3.62. The van der Waals surface area contributed by atoms with Gasteiger partial charge in [0.2, 0.25) is 0 Å². The van der Waals surface area contributed by atoms with Crippen LogP contribution in [0, 0.1) is 6.92 Å². The van der Waals surface area contributed by atoms with Crippen LogP contribution in [0.15, 0.2) is 40.9 Å². The van der Waals surface area contributed by atoms with E-state index in [1.165, 1.54) is 11.1 Å². The van der Waals surface area contributed by atoms with Crippen LogP contribution in [0.5, 0.6) is 5.75 Å². The minimum atomic E-state index is 0.204. The van der Waals surface area contributed by atoms with E-state index >= 15 is 0 Å². The normalized spacial score (nSPS) is 12.2. The molecule has 2 rings (SSSR count). The summed E-state index contributed by atoms with van der Waals surface area (Å²) in [7, 11) is 3.66. The fraction of sp³-hybridized carbons (Fsp3) is 0.294. The summed E-state index contributed by atoms with van der Waals surface area (Å²) < 4.78 is 6.56. The second-order valence-corrected chi connectivity index (χ2v) is 6.25. The molecule has 21 heavy (non-hydrogen) atoms. The van der Waals surface area contributed by atoms with Crippen molar-refractivity contribution in [2.75, 3.05) is 14.2 Å². The highest BCUT2D eigenvalue weighted by Gasteiger charge is 2.16. The summed E-state index contributed by atoms with van der Waals surface area (Å²) >= 11 is 9.71. The maximum absolute atomic E-state index is 6.12. The van der Waals surface area contributed by atoms with Crippen LogP contribution in [0.4, 0.5) is 0 Å². The first-order chi connectivity index (χ1) is 10.1. The molecule has 112 valence electrons. The average molecular weight is 369 g/mol. The predicted molar refractivity (Wildman–Crippen MR) is 92.4 cm³/mol. The standard InChI is InChI=1S/C17H19BrClNO/c1-11-14(5-4-6-15(11)18)16(20-2)10-12-9-13(19)7-8-17(12)21-3/h4-9,16,20H,10H2,1-3H3. The molecule has 0 amide bonds. The summed E-state index contributed by atoms with van der Waals surface area (Å²) in [6, 6.07) is 12.2. The monoisotopic (exact) mass is 367 g/mol. The van der Waals surface area contributed by atoms with E-state index in [4.69, 9.17) is 16.3 Å². The van der Waals surface area contributed by atoms with Crippen molar-refractivity contribution in [3.63, 3.8) is 0 Å². The topological polar surface area (TPSA) is 21.3 Å². The minimum absolute atomic E-state index is 0.204. The number of hydrogen-bond acceptors (Lipinski definition) is 2. The fourth-order valence-corrected chi connectivity index (χ4v) is 3.07. The summed E-state index contributed by atoms with van der Waals surface area (Å²) in [6.45, 7) is 2.12. The van der Waals surface area contributed by atoms with E-state index in [0.717, 1.165) is 27.2 Å². The molecule has 4 heteroatoms. The van der Waals surface area contributed by atoms with Gasteiger partial charge in [-0.05, 0) is 61.3 Å². The van der Waals surface area contributed by atoms with Gasteiger partial charge in [-0.1, -0.05) is 39.7 Å². The lowest BCUT2D eigenvalue weighted by Gasteiger charge is -2.21. The van der Waals surface area contributed by atoms with Crippen molar-refractivity contribution in [2.45, 2.75) is 19.4 Å². The van der Waals surface area contributed by atoms with Gasteiger partial charge in [-0.15, -0.1) is 0 Å². The second-order valence-electron chi connectivity index (χ2n) is 4.96. The van der Waals surface area contributed by atoms with Crippen molar-refractivity contribution in [3.8, 4) is 5.75 Å². The molecule has 0 heterocycles. The van der Waals surface area contributed by atoms with E-state index in [1.807, 2.05) is 25.2 Å². The molecule has 1 atom stereocenters. The van der Waals surface area contributed by atoms with Crippen molar-refractivity contribution in [2.24, 2.45) is 0 Å². The molecule has 0 aliphatic carbocycles. The minimum Gasteiger partial charge on any atom is -0.496 e. The van der Waals surface area contributed by atoms with Crippen molar-refractivity contribution < 1.29 is 4.74 Å². The third-order valence-corrected chi connectivity index (χ3v) is 4.79. The van der Waals surface area contributed by atoms with Crippen molar-refractivity contribution in [3.05, 3.63) is 62.6 Å². The van der Waals surface area contributed by atoms with E-state index in [-0.39, 0.29) is 6.04 Å². The van der Waals surface area contributed by atoms with Crippen LogP contribution in [0.25, 0.3) is 0 Å². The first-order valence-electron chi connectivity index (χ1n) is 6.81. The second kappa shape index (κ2) is 7.30. The predicted octanol–water partition coefficient (Wildman–Crippen LogP) is 4.92. The first kappa shape index (κ1) is 16.3. The van der Waals surface area contributed by atoms with E-state index in [0.29, 0.717) is 0 Å². The maximum Gasteiger partial charge on any atom is 0.122 e. The van der Waals surface area contributed by atoms with Crippen molar-refractivity contribution in [1.82, 2.24) is 5.32 Å². The van der Waals surface area contributed by atoms with Crippen LogP contribution in [0.1, 0.15) is 22.7 Å². The molecule has 2 aromatic carbocycles. The number of methoxy groups -OCH3 is 1. The van der Waals surface area contributed by atoms with Crippen molar-refractivity contribution in [1.29, 1.82) is 0 Å². The molecular weight excluding hydrogens is 350 g/mol. The molecule has 1 unspecified atom stereocenters. The summed E-state index contributed by atoms with van der Waals surface area (Å²) in [5, 5.41) is 4.11. The highest BCUT2D eigenvalue weighted by molar-refractivity contribution is 9.10. The van der Waals surface area contributed by atoms with Gasteiger partial charge in [-0.3, -0.25) is 0 Å². The molecule has 0 radical (unpaired) electrons. The highest BCUT2D eigenvalue weighted by Crippen LogP contribution is 2.30. The molecule has 0 saturated heterocycles. The van der Waals surface area contributed by atoms with Gasteiger partial charge >= 0.3 is 0 Å². The number of ether oxygens (including phenoxy) is 1. The van der Waals surface area contributed by atoms with Gasteiger partial charge in [0.1, 0.15) is 5.75 Å². The summed E-state index contributed by atoms with van der Waals surface area (Å²) in [6.07, 6.45) is 0.817. The third kappa shape index (κ3) is 3.79. The Bertz CT molecular complexity index is 630. The Morgan fingerprint density at radius 1 is 1.29 bits per heavy atom. The maximum atomic E-state index is 6.12. The van der Waals surface area contributed by atoms with Crippen LogP contribution in [-0.4, -0.2) is 14.2 Å². The summed E-state index contributed by atoms with van der Waals surface area (Å²) in [5.74, 6) is 0.868. The molecule has 0 fully saturated rings. The number of benzene rings is 2. The van der Waals surface area contributed by atoms with Crippen LogP contribution >= 0.6 is 27.5 Å². The summed E-state index contributed by atoms with van der Waals surface area (Å²) in [4.78, 5) is 0. The molecule has 0 aliphatic rings. The van der Waals surface area contributed by atoms with Crippen LogP contribution in [0.2, 0.25) is 5.02 Å². The van der Waals surface area contributed by atoms with Gasteiger partial charge in [0.15, 0.2) is 0 Å². The molecule has 0 saturated carbocycles. The third-order valence-electron chi connectivity index (χ3n) is 3.70. The van der Waals surface area contributed by atoms with Gasteiger partial charge in [0.25, 0.3) is 0 Å². The molecule has 0 aromatic heterocycles. The van der Waals surface area contributed by atoms with Gasteiger partial charge in [0, 0.05) is 15.5 Å². The van der Waals surface area contributed by atoms with Crippen molar-refractivity contribution >= 4 is 27.5 Å². The first-order valence-corrected chi connectivity index (χ1v) is 7.98. The van der Waals surface area contributed by atoms with E-state index < -0.39 is 0 Å². The smallest absolute Gasteiger partial charge is 0.122 e. The molecule has 2 nitrogen and oxygen atoms in total. The lowest BCUT2D eigenvalue weighted by atomic mass is 9.95. The van der Waals surface area contributed by atoms with Crippen LogP contribution in [0.3, 0.4) is 0 Å². The van der Waals surface area contributed by atoms with Gasteiger partial charge in [-0.2, -0.15) is 0 Å². The molecule has 2 aromatic rings. The number of halogens is 2. The van der Waals surface area contributed by atoms with E-state index in [9.17, 15) is 0 Å². The molecule has 1 N–H and O–H groups in total. The zero-order chi connectivity index (χ0) is 15.4. The Morgan fingerprint density at radius 2 is 2.05 bits per heavy atom. The lowest BCUT2D eigenvalue weighted by molar-refractivity contribution is 0.406. The Labute approximate surface area is 139 Å². The van der Waals surface area contributed by atoms with Gasteiger partial charge in [-0.25, -0.2) is 0 Å². The average Bonchev–Trinajstić information content (AvgIpc) is 2.48. The molecule has 0 spiro atoms. The van der Waals surface area contributed by atoms with E-state index in [1.54, 1.807) is 7.11 Å². The Hall–Kier alpha value is -1.03. The SMILES string of the molecule is CNC(Cc1cc(Cl)ccc1OC)c1cccc(Br)c1C. The molecular formula is C17H19BrClNO. The largest absolute Gasteiger partial charge is 0.496 e.